The average Bonchev–Trinajstić information content (AvgIpc) is 3.01. The van der Waals surface area contributed by atoms with Crippen molar-refractivity contribution < 1.29 is 4.79 Å². The summed E-state index contributed by atoms with van der Waals surface area (Å²) < 4.78 is 0.718. The predicted octanol–water partition coefficient (Wildman–Crippen LogP) is 3.40. The van der Waals surface area contributed by atoms with Crippen LogP contribution in [0.4, 0.5) is 5.69 Å². The van der Waals surface area contributed by atoms with E-state index in [1.807, 2.05) is 24.3 Å². The lowest BCUT2D eigenvalue weighted by atomic mass is 10.2. The van der Waals surface area contributed by atoms with Gasteiger partial charge in [-0.3, -0.25) is 4.79 Å². The van der Waals surface area contributed by atoms with E-state index < -0.39 is 0 Å². The van der Waals surface area contributed by atoms with Crippen molar-refractivity contribution in [1.82, 2.24) is 10.3 Å². The second-order valence-electron chi connectivity index (χ2n) is 4.42. The Morgan fingerprint density at radius 3 is 2.90 bits per heavy atom. The number of fused-ring (bicyclic) bond motifs is 1. The number of anilines is 1. The standard InChI is InChI=1S/C14H12ClN3OS/c15-13-4-2-10(20-13)7-17-14(19)12-6-8-5-9(16)1-3-11(8)18-12/h1-6,18H,7,16H2,(H,17,19). The van der Waals surface area contributed by atoms with E-state index in [9.17, 15) is 4.79 Å². The third kappa shape index (κ3) is 2.64. The SMILES string of the molecule is Nc1ccc2[nH]c(C(=O)NCc3ccc(Cl)s3)cc2c1. The highest BCUT2D eigenvalue weighted by Gasteiger charge is 2.09. The van der Waals surface area contributed by atoms with Crippen LogP contribution in [0, 0.1) is 0 Å². The van der Waals surface area contributed by atoms with Gasteiger partial charge in [-0.25, -0.2) is 0 Å². The number of halogens is 1. The zero-order valence-corrected chi connectivity index (χ0v) is 12.0. The molecule has 0 fully saturated rings. The van der Waals surface area contributed by atoms with Gasteiger partial charge in [-0.2, -0.15) is 0 Å². The zero-order valence-electron chi connectivity index (χ0n) is 10.4. The number of benzene rings is 1. The lowest BCUT2D eigenvalue weighted by Gasteiger charge is -2.00. The molecule has 0 saturated carbocycles. The van der Waals surface area contributed by atoms with Crippen LogP contribution in [0.1, 0.15) is 15.4 Å². The van der Waals surface area contributed by atoms with E-state index in [2.05, 4.69) is 10.3 Å². The van der Waals surface area contributed by atoms with Crippen LogP contribution < -0.4 is 11.1 Å². The third-order valence-corrected chi connectivity index (χ3v) is 4.17. The number of nitrogen functional groups attached to an aromatic ring is 1. The van der Waals surface area contributed by atoms with Crippen LogP contribution in [0.5, 0.6) is 0 Å². The number of rotatable bonds is 3. The Hall–Kier alpha value is -1.98. The first-order chi connectivity index (χ1) is 9.61. The van der Waals surface area contributed by atoms with Crippen molar-refractivity contribution in [2.45, 2.75) is 6.54 Å². The monoisotopic (exact) mass is 305 g/mol. The molecule has 1 amide bonds. The van der Waals surface area contributed by atoms with Gasteiger partial charge in [0, 0.05) is 21.5 Å². The summed E-state index contributed by atoms with van der Waals surface area (Å²) in [5.74, 6) is -0.149. The molecule has 4 nitrogen and oxygen atoms in total. The normalized spacial score (nSPS) is 10.8. The fourth-order valence-corrected chi connectivity index (χ4v) is 3.01. The smallest absolute Gasteiger partial charge is 0.268 e. The van der Waals surface area contributed by atoms with E-state index in [0.717, 1.165) is 20.1 Å². The molecule has 0 spiro atoms. The van der Waals surface area contributed by atoms with Crippen LogP contribution in [-0.2, 0) is 6.54 Å². The summed E-state index contributed by atoms with van der Waals surface area (Å²) in [6, 6.07) is 11.0. The molecule has 1 aromatic carbocycles. The number of amides is 1. The summed E-state index contributed by atoms with van der Waals surface area (Å²) in [6.07, 6.45) is 0. The number of carbonyl (C=O) groups is 1. The summed E-state index contributed by atoms with van der Waals surface area (Å²) in [5, 5.41) is 3.78. The van der Waals surface area contributed by atoms with Gasteiger partial charge in [-0.15, -0.1) is 11.3 Å². The van der Waals surface area contributed by atoms with E-state index in [-0.39, 0.29) is 5.91 Å². The molecule has 0 aliphatic heterocycles. The van der Waals surface area contributed by atoms with E-state index in [4.69, 9.17) is 17.3 Å². The third-order valence-electron chi connectivity index (χ3n) is 2.94. The molecule has 102 valence electrons. The average molecular weight is 306 g/mol. The molecule has 0 bridgehead atoms. The maximum Gasteiger partial charge on any atom is 0.268 e. The first kappa shape index (κ1) is 13.0. The number of hydrogen-bond donors (Lipinski definition) is 3. The summed E-state index contributed by atoms with van der Waals surface area (Å²) in [7, 11) is 0. The van der Waals surface area contributed by atoms with Crippen LogP contribution in [0.15, 0.2) is 36.4 Å². The van der Waals surface area contributed by atoms with E-state index >= 15 is 0 Å². The van der Waals surface area contributed by atoms with Crippen molar-refractivity contribution in [2.24, 2.45) is 0 Å². The Balaban J connectivity index is 1.75. The van der Waals surface area contributed by atoms with Gasteiger partial charge >= 0.3 is 0 Å². The minimum atomic E-state index is -0.149. The molecule has 0 atom stereocenters. The van der Waals surface area contributed by atoms with Gasteiger partial charge in [0.2, 0.25) is 0 Å². The molecule has 3 aromatic rings. The van der Waals surface area contributed by atoms with Gasteiger partial charge in [0.05, 0.1) is 10.9 Å². The van der Waals surface area contributed by atoms with Crippen LogP contribution in [0.25, 0.3) is 10.9 Å². The van der Waals surface area contributed by atoms with Crippen LogP contribution >= 0.6 is 22.9 Å². The largest absolute Gasteiger partial charge is 0.399 e. The zero-order chi connectivity index (χ0) is 14.1. The molecule has 6 heteroatoms. The van der Waals surface area contributed by atoms with Gasteiger partial charge in [0.15, 0.2) is 0 Å². The summed E-state index contributed by atoms with van der Waals surface area (Å²) >= 11 is 7.30. The lowest BCUT2D eigenvalue weighted by Crippen LogP contribution is -2.22. The van der Waals surface area contributed by atoms with E-state index in [1.165, 1.54) is 11.3 Å². The van der Waals surface area contributed by atoms with Gasteiger partial charge in [0.1, 0.15) is 5.69 Å². The molecule has 20 heavy (non-hydrogen) atoms. The van der Waals surface area contributed by atoms with Crippen molar-refractivity contribution in [3.63, 3.8) is 0 Å². The maximum absolute atomic E-state index is 12.1. The Morgan fingerprint density at radius 2 is 2.15 bits per heavy atom. The molecule has 3 rings (SSSR count). The lowest BCUT2D eigenvalue weighted by molar-refractivity contribution is 0.0947. The number of hydrogen-bond acceptors (Lipinski definition) is 3. The van der Waals surface area contributed by atoms with Crippen molar-refractivity contribution in [3.05, 3.63) is 51.3 Å². The number of aromatic amines is 1. The Bertz CT molecular complexity index is 778. The van der Waals surface area contributed by atoms with Gasteiger partial charge in [-0.05, 0) is 36.4 Å². The quantitative estimate of drug-likeness (QED) is 0.649. The van der Waals surface area contributed by atoms with E-state index in [0.29, 0.717) is 17.9 Å². The number of nitrogens with two attached hydrogens (primary N) is 1. The molecule has 0 aliphatic rings. The molecule has 4 N–H and O–H groups in total. The Labute approximate surface area is 124 Å². The number of nitrogens with one attached hydrogen (secondary N) is 2. The predicted molar refractivity (Wildman–Crippen MR) is 83.2 cm³/mol. The molecular weight excluding hydrogens is 294 g/mol. The highest BCUT2D eigenvalue weighted by Crippen LogP contribution is 2.21. The van der Waals surface area contributed by atoms with Crippen molar-refractivity contribution in [1.29, 1.82) is 0 Å². The van der Waals surface area contributed by atoms with Gasteiger partial charge in [0.25, 0.3) is 5.91 Å². The van der Waals surface area contributed by atoms with Crippen molar-refractivity contribution >= 4 is 45.4 Å². The van der Waals surface area contributed by atoms with Gasteiger partial charge < -0.3 is 16.0 Å². The van der Waals surface area contributed by atoms with Crippen molar-refractivity contribution in [3.8, 4) is 0 Å². The fraction of sp³-hybridized carbons (Fsp3) is 0.0714. The number of H-pyrrole nitrogens is 1. The van der Waals surface area contributed by atoms with Crippen molar-refractivity contribution in [2.75, 3.05) is 5.73 Å². The van der Waals surface area contributed by atoms with Gasteiger partial charge in [-0.1, -0.05) is 11.6 Å². The molecule has 0 radical (unpaired) electrons. The highest BCUT2D eigenvalue weighted by molar-refractivity contribution is 7.16. The number of carbonyl (C=O) groups excluding carboxylic acids is 1. The first-order valence-corrected chi connectivity index (χ1v) is 7.22. The molecule has 2 aromatic heterocycles. The second-order valence-corrected chi connectivity index (χ2v) is 6.22. The molecule has 2 heterocycles. The molecule has 0 saturated heterocycles. The summed E-state index contributed by atoms with van der Waals surface area (Å²) in [6.45, 7) is 0.466. The molecular formula is C14H12ClN3OS. The molecule has 0 unspecified atom stereocenters. The number of thiophene rings is 1. The van der Waals surface area contributed by atoms with E-state index in [1.54, 1.807) is 12.1 Å². The minimum Gasteiger partial charge on any atom is -0.399 e. The van der Waals surface area contributed by atoms with Crippen LogP contribution in [0.2, 0.25) is 4.34 Å². The Kier molecular flexibility index (Phi) is 3.38. The Morgan fingerprint density at radius 1 is 1.30 bits per heavy atom. The van der Waals surface area contributed by atoms with Crippen LogP contribution in [-0.4, -0.2) is 10.9 Å². The second kappa shape index (κ2) is 5.19. The maximum atomic E-state index is 12.1. The number of aromatic nitrogens is 1. The summed E-state index contributed by atoms with van der Waals surface area (Å²) in [4.78, 5) is 16.2. The topological polar surface area (TPSA) is 70.9 Å². The fourth-order valence-electron chi connectivity index (χ4n) is 1.98. The minimum absolute atomic E-state index is 0.149. The first-order valence-electron chi connectivity index (χ1n) is 6.02. The van der Waals surface area contributed by atoms with Crippen LogP contribution in [0.3, 0.4) is 0 Å². The molecule has 0 aliphatic carbocycles. The highest BCUT2D eigenvalue weighted by atomic mass is 35.5. The summed E-state index contributed by atoms with van der Waals surface area (Å²) in [5.41, 5.74) is 7.81.